The number of nitrogens with one attached hydrogen (secondary N) is 2. The molecular weight excluding hydrogens is 360 g/mol. The first kappa shape index (κ1) is 19.3. The summed E-state index contributed by atoms with van der Waals surface area (Å²) in [5, 5.41) is 9.65. The molecule has 1 atom stereocenters. The van der Waals surface area contributed by atoms with Crippen LogP contribution in [0.2, 0.25) is 0 Å². The fourth-order valence-electron chi connectivity index (χ4n) is 3.25. The van der Waals surface area contributed by atoms with E-state index >= 15 is 0 Å². The van der Waals surface area contributed by atoms with Crippen LogP contribution in [0.25, 0.3) is 0 Å². The average molecular weight is 389 g/mol. The molecule has 0 bridgehead atoms. The van der Waals surface area contributed by atoms with Crippen molar-refractivity contribution in [1.29, 1.82) is 0 Å². The highest BCUT2D eigenvalue weighted by Crippen LogP contribution is 2.25. The number of nitrogens with zero attached hydrogens (tertiary/aromatic N) is 2. The fourth-order valence-corrected chi connectivity index (χ4v) is 4.30. The van der Waals surface area contributed by atoms with Gasteiger partial charge in [0.2, 0.25) is 0 Å². The van der Waals surface area contributed by atoms with E-state index in [9.17, 15) is 0 Å². The van der Waals surface area contributed by atoms with Crippen LogP contribution in [0, 0.1) is 13.8 Å². The van der Waals surface area contributed by atoms with Gasteiger partial charge in [-0.05, 0) is 61.8 Å². The van der Waals surface area contributed by atoms with Gasteiger partial charge in [0, 0.05) is 43.3 Å². The van der Waals surface area contributed by atoms with E-state index in [4.69, 9.17) is 12.2 Å². The quantitative estimate of drug-likeness (QED) is 0.764. The average Bonchev–Trinajstić information content (AvgIpc) is 3.14. The molecule has 0 radical (unpaired) electrons. The zero-order chi connectivity index (χ0) is 18.5. The lowest BCUT2D eigenvalue weighted by Gasteiger charge is -2.37. The van der Waals surface area contributed by atoms with Crippen molar-refractivity contribution < 1.29 is 0 Å². The Morgan fingerprint density at radius 2 is 1.96 bits per heavy atom. The van der Waals surface area contributed by atoms with Crippen LogP contribution in [0.4, 0.5) is 5.69 Å². The number of benzene rings is 1. The van der Waals surface area contributed by atoms with Crippen molar-refractivity contribution in [3.05, 3.63) is 51.7 Å². The van der Waals surface area contributed by atoms with Gasteiger partial charge >= 0.3 is 0 Å². The minimum atomic E-state index is 0.363. The molecule has 6 heteroatoms. The van der Waals surface area contributed by atoms with Crippen molar-refractivity contribution in [1.82, 2.24) is 15.1 Å². The topological polar surface area (TPSA) is 30.5 Å². The van der Waals surface area contributed by atoms with Crippen LogP contribution < -0.4 is 10.6 Å². The molecule has 1 fully saturated rings. The van der Waals surface area contributed by atoms with Crippen LogP contribution >= 0.6 is 23.6 Å². The van der Waals surface area contributed by atoms with Crippen LogP contribution in [-0.2, 0) is 0 Å². The lowest BCUT2D eigenvalue weighted by molar-refractivity contribution is 0.114. The van der Waals surface area contributed by atoms with E-state index in [2.05, 4.69) is 77.0 Å². The van der Waals surface area contributed by atoms with E-state index in [-0.39, 0.29) is 0 Å². The molecule has 2 aromatic rings. The highest BCUT2D eigenvalue weighted by molar-refractivity contribution is 7.80. The summed E-state index contributed by atoms with van der Waals surface area (Å²) in [5.41, 5.74) is 3.51. The minimum absolute atomic E-state index is 0.363. The normalized spacial score (nSPS) is 17.0. The first-order valence-electron chi connectivity index (χ1n) is 9.11. The Labute approximate surface area is 166 Å². The van der Waals surface area contributed by atoms with Crippen molar-refractivity contribution in [3.63, 3.8) is 0 Å². The number of hydrogen-bond donors (Lipinski definition) is 2. The second-order valence-corrected chi connectivity index (χ2v) is 8.41. The molecule has 4 nitrogen and oxygen atoms in total. The first-order valence-corrected chi connectivity index (χ1v) is 10.4. The van der Waals surface area contributed by atoms with Gasteiger partial charge in [0.15, 0.2) is 5.11 Å². The van der Waals surface area contributed by atoms with Gasteiger partial charge < -0.3 is 15.5 Å². The van der Waals surface area contributed by atoms with Crippen molar-refractivity contribution in [3.8, 4) is 0 Å². The van der Waals surface area contributed by atoms with E-state index in [0.717, 1.165) is 38.4 Å². The van der Waals surface area contributed by atoms with Gasteiger partial charge in [0.1, 0.15) is 0 Å². The van der Waals surface area contributed by atoms with E-state index in [0.29, 0.717) is 11.2 Å². The molecule has 2 heterocycles. The highest BCUT2D eigenvalue weighted by Gasteiger charge is 2.24. The zero-order valence-electron chi connectivity index (χ0n) is 15.8. The van der Waals surface area contributed by atoms with Crippen LogP contribution in [0.15, 0.2) is 35.7 Å². The van der Waals surface area contributed by atoms with E-state index < -0.39 is 0 Å². The maximum absolute atomic E-state index is 5.56. The summed E-state index contributed by atoms with van der Waals surface area (Å²) in [4.78, 5) is 6.36. The zero-order valence-corrected chi connectivity index (χ0v) is 17.4. The number of hydrogen-bond acceptors (Lipinski definition) is 4. The standard InChI is InChI=1S/C20H28N4S2/c1-15-6-7-16(2)17(13-15)22-20(25)21-14-18(19-5-4-12-26-19)24-10-8-23(3)9-11-24/h4-7,12-13,18H,8-11,14H2,1-3H3,(H2,21,22,25). The van der Waals surface area contributed by atoms with E-state index in [1.165, 1.54) is 16.0 Å². The molecule has 26 heavy (non-hydrogen) atoms. The largest absolute Gasteiger partial charge is 0.360 e. The van der Waals surface area contributed by atoms with Crippen LogP contribution in [0.3, 0.4) is 0 Å². The van der Waals surface area contributed by atoms with Crippen molar-refractivity contribution in [2.45, 2.75) is 19.9 Å². The summed E-state index contributed by atoms with van der Waals surface area (Å²) in [7, 11) is 2.19. The SMILES string of the molecule is Cc1ccc(C)c(NC(=S)NCC(c2cccs2)N2CCN(C)CC2)c1. The van der Waals surface area contributed by atoms with Crippen LogP contribution in [0.1, 0.15) is 22.0 Å². The van der Waals surface area contributed by atoms with Gasteiger partial charge in [-0.3, -0.25) is 4.90 Å². The predicted molar refractivity (Wildman–Crippen MR) is 116 cm³/mol. The van der Waals surface area contributed by atoms with Gasteiger partial charge in [0.25, 0.3) is 0 Å². The Morgan fingerprint density at radius 1 is 1.19 bits per heavy atom. The van der Waals surface area contributed by atoms with Crippen LogP contribution in [-0.4, -0.2) is 54.7 Å². The third-order valence-corrected chi connectivity index (χ3v) is 6.17. The third-order valence-electron chi connectivity index (χ3n) is 4.95. The Balaban J connectivity index is 1.62. The van der Waals surface area contributed by atoms with Gasteiger partial charge in [0.05, 0.1) is 6.04 Å². The Morgan fingerprint density at radius 3 is 2.65 bits per heavy atom. The summed E-state index contributed by atoms with van der Waals surface area (Å²) in [6, 6.07) is 11.1. The van der Waals surface area contributed by atoms with E-state index in [1.54, 1.807) is 0 Å². The molecule has 0 saturated carbocycles. The van der Waals surface area contributed by atoms with Crippen molar-refractivity contribution in [2.75, 3.05) is 45.1 Å². The predicted octanol–water partition coefficient (Wildman–Crippen LogP) is 3.64. The molecule has 1 aromatic carbocycles. The minimum Gasteiger partial charge on any atom is -0.360 e. The smallest absolute Gasteiger partial charge is 0.170 e. The molecule has 2 N–H and O–H groups in total. The Bertz CT molecular complexity index is 721. The van der Waals surface area contributed by atoms with Crippen molar-refractivity contribution >= 4 is 34.4 Å². The molecule has 1 unspecified atom stereocenters. The number of thiocarbonyl (C=S) groups is 1. The molecule has 3 rings (SSSR count). The second-order valence-electron chi connectivity index (χ2n) is 7.02. The van der Waals surface area contributed by atoms with Gasteiger partial charge in [-0.25, -0.2) is 0 Å². The summed E-state index contributed by atoms with van der Waals surface area (Å²) in [6.07, 6.45) is 0. The highest BCUT2D eigenvalue weighted by atomic mass is 32.1. The lowest BCUT2D eigenvalue weighted by Crippen LogP contribution is -2.48. The molecule has 0 aliphatic carbocycles. The Kier molecular flexibility index (Phi) is 6.64. The number of piperazine rings is 1. The van der Waals surface area contributed by atoms with Gasteiger partial charge in [-0.1, -0.05) is 18.2 Å². The fraction of sp³-hybridized carbons (Fsp3) is 0.450. The molecule has 1 aliphatic rings. The molecule has 0 spiro atoms. The monoisotopic (exact) mass is 388 g/mol. The number of rotatable bonds is 5. The Hall–Kier alpha value is -1.47. The maximum Gasteiger partial charge on any atom is 0.170 e. The summed E-state index contributed by atoms with van der Waals surface area (Å²) < 4.78 is 0. The number of thiophene rings is 1. The molecule has 1 aromatic heterocycles. The molecular formula is C20H28N4S2. The number of likely N-dealkylation sites (N-methyl/N-ethyl adjacent to an activating group) is 1. The van der Waals surface area contributed by atoms with Gasteiger partial charge in [-0.2, -0.15) is 0 Å². The van der Waals surface area contributed by atoms with Gasteiger partial charge in [-0.15, -0.1) is 11.3 Å². The summed E-state index contributed by atoms with van der Waals surface area (Å²) in [6.45, 7) is 9.45. The third kappa shape index (κ3) is 5.04. The molecule has 140 valence electrons. The van der Waals surface area contributed by atoms with Crippen molar-refractivity contribution in [2.24, 2.45) is 0 Å². The molecule has 1 saturated heterocycles. The first-order chi connectivity index (χ1) is 12.5. The number of aryl methyl sites for hydroxylation is 2. The maximum atomic E-state index is 5.56. The molecule has 1 aliphatic heterocycles. The summed E-state index contributed by atoms with van der Waals surface area (Å²) >= 11 is 7.39. The second kappa shape index (κ2) is 8.95. The lowest BCUT2D eigenvalue weighted by atomic mass is 10.1. The van der Waals surface area contributed by atoms with Crippen LogP contribution in [0.5, 0.6) is 0 Å². The summed E-state index contributed by atoms with van der Waals surface area (Å²) in [5.74, 6) is 0. The molecule has 0 amide bonds. The van der Waals surface area contributed by atoms with E-state index in [1.807, 2.05) is 11.3 Å². The number of anilines is 1.